The van der Waals surface area contributed by atoms with Gasteiger partial charge in [0.15, 0.2) is 0 Å². The first-order valence-electron chi connectivity index (χ1n) is 4.60. The summed E-state index contributed by atoms with van der Waals surface area (Å²) in [4.78, 5) is 0. The van der Waals surface area contributed by atoms with E-state index in [0.717, 1.165) is 18.6 Å². The van der Waals surface area contributed by atoms with Crippen molar-refractivity contribution in [2.75, 3.05) is 7.11 Å². The van der Waals surface area contributed by atoms with Gasteiger partial charge in [0.2, 0.25) is 0 Å². The molecule has 0 amide bonds. The summed E-state index contributed by atoms with van der Waals surface area (Å²) in [5, 5.41) is 0. The van der Waals surface area contributed by atoms with E-state index in [1.165, 1.54) is 11.0 Å². The predicted molar refractivity (Wildman–Crippen MR) is 57.1 cm³/mol. The van der Waals surface area contributed by atoms with Crippen LogP contribution in [0.25, 0.3) is 0 Å². The Kier molecular flexibility index (Phi) is 2.21. The van der Waals surface area contributed by atoms with E-state index < -0.39 is 0 Å². The molecule has 0 N–H and O–H groups in total. The second kappa shape index (κ2) is 3.37. The molecular formula is C11H13BO. The number of hydrogen-bond donors (Lipinski definition) is 0. The zero-order chi connectivity index (χ0) is 9.26. The molecule has 1 fully saturated rings. The molecule has 0 aliphatic heterocycles. The van der Waals surface area contributed by atoms with Crippen molar-refractivity contribution < 1.29 is 4.74 Å². The Hall–Kier alpha value is -1.05. The maximum atomic E-state index is 5.10. The van der Waals surface area contributed by atoms with E-state index in [-0.39, 0.29) is 0 Å². The molecule has 13 heavy (non-hydrogen) atoms. The first-order valence-corrected chi connectivity index (χ1v) is 4.60. The van der Waals surface area contributed by atoms with Crippen LogP contribution < -0.4 is 4.74 Å². The Labute approximate surface area is 79.8 Å². The van der Waals surface area contributed by atoms with E-state index in [9.17, 15) is 0 Å². The minimum absolute atomic E-state index is 0.707. The molecule has 1 aliphatic rings. The monoisotopic (exact) mass is 172 g/mol. The molecule has 0 unspecified atom stereocenters. The van der Waals surface area contributed by atoms with Crippen LogP contribution in [0.5, 0.6) is 5.75 Å². The van der Waals surface area contributed by atoms with Crippen LogP contribution in [0, 0.1) is 0 Å². The van der Waals surface area contributed by atoms with Crippen LogP contribution in [0.3, 0.4) is 0 Å². The summed E-state index contributed by atoms with van der Waals surface area (Å²) in [6.45, 7) is 0. The molecule has 1 saturated carbocycles. The average Bonchev–Trinajstić information content (AvgIpc) is 2.13. The quantitative estimate of drug-likeness (QED) is 0.616. The van der Waals surface area contributed by atoms with Crippen LogP contribution in [-0.4, -0.2) is 20.1 Å². The van der Waals surface area contributed by atoms with Crippen LogP contribution in [-0.2, 0) is 0 Å². The van der Waals surface area contributed by atoms with Gasteiger partial charge >= 0.3 is 79.1 Å². The van der Waals surface area contributed by atoms with E-state index in [2.05, 4.69) is 19.6 Å². The Morgan fingerprint density at radius 1 is 1.23 bits per heavy atom. The molecular weight excluding hydrogens is 159 g/mol. The molecule has 66 valence electrons. The van der Waals surface area contributed by atoms with E-state index in [0.29, 0.717) is 5.92 Å². The number of rotatable bonds is 2. The molecule has 1 aliphatic carbocycles. The van der Waals surface area contributed by atoms with Gasteiger partial charge in [-0.25, -0.2) is 0 Å². The fraction of sp³-hybridized carbons (Fsp3) is 0.364. The summed E-state index contributed by atoms with van der Waals surface area (Å²) in [5.74, 6) is 1.64. The second-order valence-corrected chi connectivity index (χ2v) is 3.63. The van der Waals surface area contributed by atoms with Crippen LogP contribution >= 0.6 is 0 Å². The van der Waals surface area contributed by atoms with Gasteiger partial charge in [-0.2, -0.15) is 0 Å². The van der Waals surface area contributed by atoms with Gasteiger partial charge in [-0.3, -0.25) is 0 Å². The SMILES string of the molecule is B=C1CC(c2ccc(OC)cc2)C1. The Bertz CT molecular complexity index is 307. The van der Waals surface area contributed by atoms with Crippen LogP contribution in [0.1, 0.15) is 24.3 Å². The van der Waals surface area contributed by atoms with E-state index in [1.54, 1.807) is 7.11 Å². The molecule has 0 bridgehead atoms. The van der Waals surface area contributed by atoms with Crippen molar-refractivity contribution in [3.63, 3.8) is 0 Å². The molecule has 2 heteroatoms. The van der Waals surface area contributed by atoms with Crippen molar-refractivity contribution in [1.29, 1.82) is 0 Å². The molecule has 0 heterocycles. The first kappa shape index (κ1) is 8.55. The zero-order valence-electron chi connectivity index (χ0n) is 7.92. The van der Waals surface area contributed by atoms with Crippen molar-refractivity contribution >= 4 is 13.0 Å². The fourth-order valence-corrected chi connectivity index (χ4v) is 1.75. The summed E-state index contributed by atoms with van der Waals surface area (Å²) in [6, 6.07) is 8.35. The van der Waals surface area contributed by atoms with Crippen molar-refractivity contribution in [2.24, 2.45) is 0 Å². The van der Waals surface area contributed by atoms with Crippen molar-refractivity contribution in [2.45, 2.75) is 18.8 Å². The summed E-state index contributed by atoms with van der Waals surface area (Å²) in [5.41, 5.74) is 2.79. The summed E-state index contributed by atoms with van der Waals surface area (Å²) >= 11 is 0. The molecule has 1 nitrogen and oxygen atoms in total. The number of hydrogen-bond acceptors (Lipinski definition) is 1. The van der Waals surface area contributed by atoms with Gasteiger partial charge < -0.3 is 0 Å². The van der Waals surface area contributed by atoms with Gasteiger partial charge in [-0.1, -0.05) is 0 Å². The van der Waals surface area contributed by atoms with Crippen LogP contribution in [0.4, 0.5) is 0 Å². The zero-order valence-corrected chi connectivity index (χ0v) is 7.92. The molecule has 1 aromatic rings. The van der Waals surface area contributed by atoms with Gasteiger partial charge in [0.05, 0.1) is 0 Å². The Morgan fingerprint density at radius 3 is 2.31 bits per heavy atom. The average molecular weight is 172 g/mol. The van der Waals surface area contributed by atoms with E-state index >= 15 is 0 Å². The third-order valence-corrected chi connectivity index (χ3v) is 2.66. The van der Waals surface area contributed by atoms with Gasteiger partial charge in [0.1, 0.15) is 0 Å². The molecule has 0 atom stereocenters. The normalized spacial score (nSPS) is 20.9. The first-order chi connectivity index (χ1) is 6.29. The van der Waals surface area contributed by atoms with Crippen molar-refractivity contribution in [1.82, 2.24) is 0 Å². The van der Waals surface area contributed by atoms with E-state index in [4.69, 9.17) is 4.74 Å². The fourth-order valence-electron chi connectivity index (χ4n) is 1.75. The second-order valence-electron chi connectivity index (χ2n) is 3.63. The summed E-state index contributed by atoms with van der Waals surface area (Å²) in [7, 11) is 5.64. The summed E-state index contributed by atoms with van der Waals surface area (Å²) in [6.07, 6.45) is 2.32. The predicted octanol–water partition coefficient (Wildman–Crippen LogP) is 1.65. The van der Waals surface area contributed by atoms with Gasteiger partial charge in [-0.05, 0) is 0 Å². The van der Waals surface area contributed by atoms with Gasteiger partial charge in [0.25, 0.3) is 0 Å². The maximum absolute atomic E-state index is 5.10. The number of ether oxygens (including phenoxy) is 1. The molecule has 0 radical (unpaired) electrons. The summed E-state index contributed by atoms with van der Waals surface area (Å²) < 4.78 is 5.10. The molecule has 2 rings (SSSR count). The van der Waals surface area contributed by atoms with E-state index in [1.807, 2.05) is 12.1 Å². The van der Waals surface area contributed by atoms with Gasteiger partial charge in [0, 0.05) is 0 Å². The number of methoxy groups -OCH3 is 1. The standard InChI is InChI=1S/C11H13BO/c1-13-11-4-2-8(3-5-11)9-6-10(12)7-9/h2-5,9,12H,6-7H2,1H3. The number of benzene rings is 1. The van der Waals surface area contributed by atoms with Crippen LogP contribution in [0.2, 0.25) is 0 Å². The van der Waals surface area contributed by atoms with Crippen LogP contribution in [0.15, 0.2) is 24.3 Å². The third-order valence-electron chi connectivity index (χ3n) is 2.66. The molecule has 0 aromatic heterocycles. The Balaban J connectivity index is 2.10. The minimum atomic E-state index is 0.707. The Morgan fingerprint density at radius 2 is 1.85 bits per heavy atom. The topological polar surface area (TPSA) is 9.23 Å². The van der Waals surface area contributed by atoms with Gasteiger partial charge in [-0.15, -0.1) is 0 Å². The van der Waals surface area contributed by atoms with Crippen molar-refractivity contribution in [3.05, 3.63) is 29.8 Å². The molecule has 1 aromatic carbocycles. The molecule has 0 spiro atoms. The third kappa shape index (κ3) is 1.67. The van der Waals surface area contributed by atoms with Crippen molar-refractivity contribution in [3.8, 4) is 5.75 Å². The molecule has 0 saturated heterocycles.